The minimum Gasteiger partial charge on any atom is -0.385 e. The number of ether oxygens (including phenoxy) is 2. The number of methoxy groups -OCH3 is 1. The van der Waals surface area contributed by atoms with Crippen molar-refractivity contribution < 1.29 is 9.47 Å². The minimum atomic E-state index is 0.782. The SMILES string of the molecule is COCCCn1cc(C)nc1NCCN1CCOCC1. The maximum absolute atomic E-state index is 5.35. The monoisotopic (exact) mass is 282 g/mol. The molecule has 1 aromatic rings. The molecule has 1 N–H and O–H groups in total. The van der Waals surface area contributed by atoms with Crippen LogP contribution in [-0.4, -0.2) is 67.6 Å². The highest BCUT2D eigenvalue weighted by molar-refractivity contribution is 5.28. The molecule has 2 heterocycles. The molecule has 0 radical (unpaired) electrons. The second kappa shape index (κ2) is 8.24. The zero-order valence-corrected chi connectivity index (χ0v) is 12.6. The van der Waals surface area contributed by atoms with Crippen molar-refractivity contribution >= 4 is 5.95 Å². The first-order chi connectivity index (χ1) is 9.79. The fourth-order valence-corrected chi connectivity index (χ4v) is 2.39. The van der Waals surface area contributed by atoms with Gasteiger partial charge in [0, 0.05) is 52.6 Å². The molecule has 0 aromatic carbocycles. The van der Waals surface area contributed by atoms with Crippen molar-refractivity contribution in [1.82, 2.24) is 14.5 Å². The number of anilines is 1. The Bertz CT molecular complexity index is 389. The summed E-state index contributed by atoms with van der Waals surface area (Å²) >= 11 is 0. The lowest BCUT2D eigenvalue weighted by atomic mass is 10.4. The van der Waals surface area contributed by atoms with Crippen molar-refractivity contribution in [1.29, 1.82) is 0 Å². The molecule has 6 heteroatoms. The van der Waals surface area contributed by atoms with Gasteiger partial charge in [-0.2, -0.15) is 0 Å². The number of rotatable bonds is 8. The standard InChI is InChI=1S/C14H26N4O2/c1-13-12-18(5-3-9-19-2)14(16-13)15-4-6-17-7-10-20-11-8-17/h12H,3-11H2,1-2H3,(H,15,16). The van der Waals surface area contributed by atoms with Crippen LogP contribution in [0.15, 0.2) is 6.20 Å². The van der Waals surface area contributed by atoms with Gasteiger partial charge in [0.1, 0.15) is 0 Å². The summed E-state index contributed by atoms with van der Waals surface area (Å²) in [6, 6.07) is 0. The van der Waals surface area contributed by atoms with Crippen LogP contribution in [0.2, 0.25) is 0 Å². The summed E-state index contributed by atoms with van der Waals surface area (Å²) < 4.78 is 12.6. The van der Waals surface area contributed by atoms with Gasteiger partial charge < -0.3 is 19.4 Å². The maximum Gasteiger partial charge on any atom is 0.203 e. The van der Waals surface area contributed by atoms with Gasteiger partial charge in [0.2, 0.25) is 5.95 Å². The molecule has 0 aliphatic carbocycles. The lowest BCUT2D eigenvalue weighted by Gasteiger charge is -2.26. The second-order valence-electron chi connectivity index (χ2n) is 5.13. The first-order valence-corrected chi connectivity index (χ1v) is 7.36. The zero-order valence-electron chi connectivity index (χ0n) is 12.6. The van der Waals surface area contributed by atoms with Crippen LogP contribution in [-0.2, 0) is 16.0 Å². The highest BCUT2D eigenvalue weighted by atomic mass is 16.5. The van der Waals surface area contributed by atoms with E-state index in [1.165, 1.54) is 0 Å². The first-order valence-electron chi connectivity index (χ1n) is 7.36. The normalized spacial score (nSPS) is 16.5. The van der Waals surface area contributed by atoms with E-state index in [1.54, 1.807) is 7.11 Å². The Labute approximate surface area is 121 Å². The van der Waals surface area contributed by atoms with E-state index in [9.17, 15) is 0 Å². The zero-order chi connectivity index (χ0) is 14.2. The molecule has 0 saturated carbocycles. The summed E-state index contributed by atoms with van der Waals surface area (Å²) in [4.78, 5) is 6.96. The van der Waals surface area contributed by atoms with Crippen LogP contribution < -0.4 is 5.32 Å². The fourth-order valence-electron chi connectivity index (χ4n) is 2.39. The van der Waals surface area contributed by atoms with Gasteiger partial charge in [-0.3, -0.25) is 4.90 Å². The minimum absolute atomic E-state index is 0.782. The van der Waals surface area contributed by atoms with Crippen molar-refractivity contribution in [3.8, 4) is 0 Å². The van der Waals surface area contributed by atoms with Gasteiger partial charge in [0.05, 0.1) is 18.9 Å². The predicted molar refractivity (Wildman–Crippen MR) is 79.2 cm³/mol. The van der Waals surface area contributed by atoms with Crippen molar-refractivity contribution in [2.24, 2.45) is 0 Å². The third-order valence-corrected chi connectivity index (χ3v) is 3.46. The Balaban J connectivity index is 1.76. The van der Waals surface area contributed by atoms with Gasteiger partial charge >= 0.3 is 0 Å². The van der Waals surface area contributed by atoms with Crippen LogP contribution in [0.1, 0.15) is 12.1 Å². The van der Waals surface area contributed by atoms with E-state index in [0.29, 0.717) is 0 Å². The first kappa shape index (κ1) is 15.3. The number of nitrogens with zero attached hydrogens (tertiary/aromatic N) is 3. The molecule has 1 aromatic heterocycles. The van der Waals surface area contributed by atoms with Gasteiger partial charge in [0.25, 0.3) is 0 Å². The van der Waals surface area contributed by atoms with Gasteiger partial charge in [-0.05, 0) is 13.3 Å². The van der Waals surface area contributed by atoms with Crippen LogP contribution in [0.5, 0.6) is 0 Å². The molecule has 0 spiro atoms. The third kappa shape index (κ3) is 4.77. The number of hydrogen-bond donors (Lipinski definition) is 1. The average Bonchev–Trinajstić information content (AvgIpc) is 2.81. The van der Waals surface area contributed by atoms with Crippen molar-refractivity contribution in [3.63, 3.8) is 0 Å². The number of imidazole rings is 1. The number of aryl methyl sites for hydroxylation is 2. The van der Waals surface area contributed by atoms with Gasteiger partial charge in [0.15, 0.2) is 0 Å². The molecule has 1 aliphatic heterocycles. The van der Waals surface area contributed by atoms with Crippen molar-refractivity contribution in [2.75, 3.05) is 58.4 Å². The summed E-state index contributed by atoms with van der Waals surface area (Å²) in [5.41, 5.74) is 1.05. The number of aromatic nitrogens is 2. The van der Waals surface area contributed by atoms with E-state index in [1.807, 2.05) is 6.92 Å². The van der Waals surface area contributed by atoms with E-state index in [4.69, 9.17) is 9.47 Å². The fraction of sp³-hybridized carbons (Fsp3) is 0.786. The van der Waals surface area contributed by atoms with E-state index >= 15 is 0 Å². The smallest absolute Gasteiger partial charge is 0.203 e. The average molecular weight is 282 g/mol. The molecule has 1 fully saturated rings. The van der Waals surface area contributed by atoms with E-state index < -0.39 is 0 Å². The Morgan fingerprint density at radius 2 is 2.15 bits per heavy atom. The molecule has 0 bridgehead atoms. The van der Waals surface area contributed by atoms with E-state index in [0.717, 1.165) is 70.6 Å². The number of morpholine rings is 1. The summed E-state index contributed by atoms with van der Waals surface area (Å²) in [6.07, 6.45) is 3.09. The molecule has 1 saturated heterocycles. The Hall–Kier alpha value is -1.11. The van der Waals surface area contributed by atoms with Crippen molar-refractivity contribution in [2.45, 2.75) is 19.9 Å². The van der Waals surface area contributed by atoms with Crippen LogP contribution in [0, 0.1) is 6.92 Å². The summed E-state index contributed by atoms with van der Waals surface area (Å²) in [5.74, 6) is 0.965. The topological polar surface area (TPSA) is 51.5 Å². The van der Waals surface area contributed by atoms with E-state index in [2.05, 4.69) is 26.0 Å². The molecular formula is C14H26N4O2. The predicted octanol–water partition coefficient (Wildman–Crippen LogP) is 0.972. The second-order valence-corrected chi connectivity index (χ2v) is 5.13. The number of nitrogens with one attached hydrogen (secondary N) is 1. The molecule has 1 aliphatic rings. The number of hydrogen-bond acceptors (Lipinski definition) is 5. The third-order valence-electron chi connectivity index (χ3n) is 3.46. The highest BCUT2D eigenvalue weighted by Crippen LogP contribution is 2.09. The quantitative estimate of drug-likeness (QED) is 0.720. The van der Waals surface area contributed by atoms with Crippen molar-refractivity contribution in [3.05, 3.63) is 11.9 Å². The lowest BCUT2D eigenvalue weighted by molar-refractivity contribution is 0.0398. The molecule has 6 nitrogen and oxygen atoms in total. The Kier molecular flexibility index (Phi) is 6.29. The molecule has 0 unspecified atom stereocenters. The van der Waals surface area contributed by atoms with Crippen LogP contribution in [0.25, 0.3) is 0 Å². The Morgan fingerprint density at radius 3 is 2.90 bits per heavy atom. The highest BCUT2D eigenvalue weighted by Gasteiger charge is 2.10. The van der Waals surface area contributed by atoms with Crippen LogP contribution in [0.4, 0.5) is 5.95 Å². The molecular weight excluding hydrogens is 256 g/mol. The molecule has 0 amide bonds. The summed E-state index contributed by atoms with van der Waals surface area (Å²) in [7, 11) is 1.74. The van der Waals surface area contributed by atoms with Crippen LogP contribution >= 0.6 is 0 Å². The molecule has 114 valence electrons. The van der Waals surface area contributed by atoms with Gasteiger partial charge in [-0.15, -0.1) is 0 Å². The van der Waals surface area contributed by atoms with Gasteiger partial charge in [-0.25, -0.2) is 4.98 Å². The van der Waals surface area contributed by atoms with Crippen LogP contribution in [0.3, 0.4) is 0 Å². The summed E-state index contributed by atoms with van der Waals surface area (Å²) in [5, 5.41) is 3.44. The van der Waals surface area contributed by atoms with E-state index in [-0.39, 0.29) is 0 Å². The molecule has 2 rings (SSSR count). The largest absolute Gasteiger partial charge is 0.385 e. The summed E-state index contributed by atoms with van der Waals surface area (Å²) in [6.45, 7) is 9.47. The molecule has 0 atom stereocenters. The van der Waals surface area contributed by atoms with Gasteiger partial charge in [-0.1, -0.05) is 0 Å². The Morgan fingerprint density at radius 1 is 1.35 bits per heavy atom. The maximum atomic E-state index is 5.35. The molecule has 20 heavy (non-hydrogen) atoms. The lowest BCUT2D eigenvalue weighted by Crippen LogP contribution is -2.39.